The third kappa shape index (κ3) is 1.97. The van der Waals surface area contributed by atoms with Crippen LogP contribution in [0.1, 0.15) is 12.5 Å². The summed E-state index contributed by atoms with van der Waals surface area (Å²) in [5, 5.41) is 6.10. The van der Waals surface area contributed by atoms with Crippen LogP contribution in [0, 0.1) is 0 Å². The minimum Gasteiger partial charge on any atom is -0.384 e. The van der Waals surface area contributed by atoms with E-state index in [0.717, 1.165) is 0 Å². The molecule has 68 valence electrons. The predicted molar refractivity (Wildman–Crippen MR) is 46.2 cm³/mol. The van der Waals surface area contributed by atoms with Crippen LogP contribution in [-0.2, 0) is 15.6 Å². The van der Waals surface area contributed by atoms with E-state index in [4.69, 9.17) is 5.73 Å². The summed E-state index contributed by atoms with van der Waals surface area (Å²) in [4.78, 5) is 0. The van der Waals surface area contributed by atoms with E-state index >= 15 is 0 Å². The number of aromatic amines is 1. The third-order valence-electron chi connectivity index (χ3n) is 1.57. The van der Waals surface area contributed by atoms with E-state index in [0.29, 0.717) is 11.4 Å². The van der Waals surface area contributed by atoms with Gasteiger partial charge in [-0.1, -0.05) is 6.92 Å². The number of hydrogen-bond acceptors (Lipinski definition) is 4. The minimum absolute atomic E-state index is 0.0359. The van der Waals surface area contributed by atoms with Crippen molar-refractivity contribution in [3.63, 3.8) is 0 Å². The molecule has 0 unspecified atom stereocenters. The smallest absolute Gasteiger partial charge is 0.154 e. The van der Waals surface area contributed by atoms with E-state index in [1.807, 2.05) is 0 Å². The maximum absolute atomic E-state index is 11.1. The molecule has 0 radical (unpaired) electrons. The van der Waals surface area contributed by atoms with Gasteiger partial charge in [-0.05, 0) is 0 Å². The van der Waals surface area contributed by atoms with Gasteiger partial charge >= 0.3 is 0 Å². The quantitative estimate of drug-likeness (QED) is 0.696. The molecule has 0 aromatic carbocycles. The molecule has 1 heterocycles. The highest BCUT2D eigenvalue weighted by Crippen LogP contribution is 2.10. The molecule has 0 aliphatic heterocycles. The van der Waals surface area contributed by atoms with Crippen LogP contribution < -0.4 is 5.73 Å². The zero-order chi connectivity index (χ0) is 9.19. The maximum atomic E-state index is 11.1. The van der Waals surface area contributed by atoms with Gasteiger partial charge in [0.25, 0.3) is 0 Å². The number of nitrogens with two attached hydrogens (primary N) is 1. The Morgan fingerprint density at radius 3 is 2.75 bits per heavy atom. The topological polar surface area (TPSA) is 88.8 Å². The number of nitrogens with one attached hydrogen (secondary N) is 1. The van der Waals surface area contributed by atoms with Crippen LogP contribution in [0.4, 0.5) is 5.82 Å². The van der Waals surface area contributed by atoms with Crippen molar-refractivity contribution < 1.29 is 8.42 Å². The lowest BCUT2D eigenvalue weighted by molar-refractivity contribution is 0.596. The van der Waals surface area contributed by atoms with E-state index in [2.05, 4.69) is 10.2 Å². The van der Waals surface area contributed by atoms with Crippen molar-refractivity contribution in [2.75, 3.05) is 11.5 Å². The van der Waals surface area contributed by atoms with Crippen LogP contribution in [0.25, 0.3) is 0 Å². The molecular weight excluding hydrogens is 178 g/mol. The first kappa shape index (κ1) is 9.05. The van der Waals surface area contributed by atoms with Gasteiger partial charge in [0.15, 0.2) is 9.84 Å². The number of aromatic nitrogens is 2. The van der Waals surface area contributed by atoms with E-state index in [1.165, 1.54) is 6.20 Å². The molecule has 1 aromatic heterocycles. The van der Waals surface area contributed by atoms with Crippen molar-refractivity contribution in [3.8, 4) is 0 Å². The number of anilines is 1. The van der Waals surface area contributed by atoms with Crippen LogP contribution in [-0.4, -0.2) is 24.4 Å². The van der Waals surface area contributed by atoms with Crippen LogP contribution in [0.3, 0.4) is 0 Å². The summed E-state index contributed by atoms with van der Waals surface area (Å²) in [5.41, 5.74) is 5.96. The van der Waals surface area contributed by atoms with Crippen LogP contribution in [0.5, 0.6) is 0 Å². The second-order valence-electron chi connectivity index (χ2n) is 2.49. The van der Waals surface area contributed by atoms with Gasteiger partial charge < -0.3 is 5.73 Å². The van der Waals surface area contributed by atoms with E-state index in [1.54, 1.807) is 6.92 Å². The standard InChI is InChI=1S/C6H11N3O2S/c1-2-12(10,11)4-5-3-8-9-6(5)7/h3H,2,4H2,1H3,(H3,7,8,9). The van der Waals surface area contributed by atoms with E-state index in [9.17, 15) is 8.42 Å². The predicted octanol–water partition coefficient (Wildman–Crippen LogP) is -0.0734. The molecule has 0 atom stereocenters. The summed E-state index contributed by atoms with van der Waals surface area (Å²) in [6.07, 6.45) is 1.43. The molecule has 0 amide bonds. The van der Waals surface area contributed by atoms with Crippen LogP contribution >= 0.6 is 0 Å². The molecule has 3 N–H and O–H groups in total. The molecular formula is C6H11N3O2S. The average Bonchev–Trinajstić information content (AvgIpc) is 2.36. The summed E-state index contributed by atoms with van der Waals surface area (Å²) >= 11 is 0. The van der Waals surface area contributed by atoms with Gasteiger partial charge in [-0.2, -0.15) is 5.10 Å². The summed E-state index contributed by atoms with van der Waals surface area (Å²) in [5.74, 6) is 0.413. The molecule has 0 aliphatic carbocycles. The Kier molecular flexibility index (Phi) is 2.37. The van der Waals surface area contributed by atoms with Crippen molar-refractivity contribution in [2.45, 2.75) is 12.7 Å². The van der Waals surface area contributed by atoms with E-state index in [-0.39, 0.29) is 11.5 Å². The molecule has 0 bridgehead atoms. The van der Waals surface area contributed by atoms with Crippen LogP contribution in [0.15, 0.2) is 6.20 Å². The molecule has 1 aromatic rings. The number of rotatable bonds is 3. The molecule has 5 nitrogen and oxygen atoms in total. The fourth-order valence-electron chi connectivity index (χ4n) is 0.775. The lowest BCUT2D eigenvalue weighted by Gasteiger charge is -1.98. The maximum Gasteiger partial charge on any atom is 0.154 e. The molecule has 12 heavy (non-hydrogen) atoms. The Morgan fingerprint density at radius 1 is 1.67 bits per heavy atom. The summed E-state index contributed by atoms with van der Waals surface area (Å²) in [7, 11) is -3.00. The summed E-state index contributed by atoms with van der Waals surface area (Å²) in [6.45, 7) is 1.60. The summed E-state index contributed by atoms with van der Waals surface area (Å²) < 4.78 is 22.2. The average molecular weight is 189 g/mol. The number of nitrogens with zero attached hydrogens (tertiary/aromatic N) is 1. The van der Waals surface area contributed by atoms with Crippen molar-refractivity contribution in [1.82, 2.24) is 10.2 Å². The lowest BCUT2D eigenvalue weighted by atomic mass is 10.4. The molecule has 6 heteroatoms. The molecule has 0 spiro atoms. The SMILES string of the molecule is CCS(=O)(=O)Cc1cn[nH]c1N. The Bertz CT molecular complexity index is 355. The summed E-state index contributed by atoms with van der Waals surface area (Å²) in [6, 6.07) is 0. The zero-order valence-electron chi connectivity index (χ0n) is 6.74. The number of nitrogen functional groups attached to an aromatic ring is 1. The minimum atomic E-state index is -3.00. The van der Waals surface area contributed by atoms with Gasteiger partial charge in [0.05, 0.1) is 11.9 Å². The van der Waals surface area contributed by atoms with Crippen molar-refractivity contribution in [1.29, 1.82) is 0 Å². The molecule has 0 fully saturated rings. The fraction of sp³-hybridized carbons (Fsp3) is 0.500. The highest BCUT2D eigenvalue weighted by Gasteiger charge is 2.11. The first-order valence-corrected chi connectivity index (χ1v) is 5.35. The fourth-order valence-corrected chi connectivity index (χ4v) is 1.68. The van der Waals surface area contributed by atoms with Gasteiger partial charge in [-0.3, -0.25) is 5.10 Å². The van der Waals surface area contributed by atoms with Crippen molar-refractivity contribution in [2.24, 2.45) is 0 Å². The van der Waals surface area contributed by atoms with Gasteiger partial charge in [0, 0.05) is 11.3 Å². The van der Waals surface area contributed by atoms with Crippen molar-refractivity contribution >= 4 is 15.7 Å². The first-order chi connectivity index (χ1) is 5.55. The Balaban J connectivity index is 2.84. The monoisotopic (exact) mass is 189 g/mol. The Labute approximate surface area is 70.9 Å². The molecule has 1 rings (SSSR count). The normalized spacial score (nSPS) is 11.8. The molecule has 0 saturated heterocycles. The van der Waals surface area contributed by atoms with Gasteiger partial charge in [-0.15, -0.1) is 0 Å². The number of hydrogen-bond donors (Lipinski definition) is 2. The second-order valence-corrected chi connectivity index (χ2v) is 4.84. The zero-order valence-corrected chi connectivity index (χ0v) is 7.56. The van der Waals surface area contributed by atoms with Gasteiger partial charge in [0.2, 0.25) is 0 Å². The molecule has 0 saturated carbocycles. The van der Waals surface area contributed by atoms with Gasteiger partial charge in [-0.25, -0.2) is 8.42 Å². The van der Waals surface area contributed by atoms with Gasteiger partial charge in [0.1, 0.15) is 5.82 Å². The Hall–Kier alpha value is -1.04. The highest BCUT2D eigenvalue weighted by atomic mass is 32.2. The lowest BCUT2D eigenvalue weighted by Crippen LogP contribution is -2.07. The van der Waals surface area contributed by atoms with E-state index < -0.39 is 9.84 Å². The Morgan fingerprint density at radius 2 is 2.33 bits per heavy atom. The first-order valence-electron chi connectivity index (χ1n) is 3.53. The molecule has 0 aliphatic rings. The number of H-pyrrole nitrogens is 1. The van der Waals surface area contributed by atoms with Crippen molar-refractivity contribution in [3.05, 3.63) is 11.8 Å². The largest absolute Gasteiger partial charge is 0.384 e. The number of sulfone groups is 1. The highest BCUT2D eigenvalue weighted by molar-refractivity contribution is 7.90. The third-order valence-corrected chi connectivity index (χ3v) is 3.20. The van der Waals surface area contributed by atoms with Crippen LogP contribution in [0.2, 0.25) is 0 Å². The second kappa shape index (κ2) is 3.14.